The summed E-state index contributed by atoms with van der Waals surface area (Å²) in [5.41, 5.74) is 8.88. The molecule has 18 heavy (non-hydrogen) atoms. The van der Waals surface area contributed by atoms with Crippen molar-refractivity contribution in [3.8, 4) is 5.75 Å². The van der Waals surface area contributed by atoms with Crippen molar-refractivity contribution >= 4 is 15.9 Å². The van der Waals surface area contributed by atoms with Crippen LogP contribution in [0.25, 0.3) is 0 Å². The van der Waals surface area contributed by atoms with Crippen LogP contribution in [-0.4, -0.2) is 16.9 Å². The molecule has 0 saturated carbocycles. The SMILES string of the molecule is COc1ccc(Cn2cc(CN)c(C)n2)cc1Br. The average molecular weight is 310 g/mol. The second kappa shape index (κ2) is 5.54. The molecular weight excluding hydrogens is 294 g/mol. The van der Waals surface area contributed by atoms with Gasteiger partial charge in [-0.2, -0.15) is 5.10 Å². The van der Waals surface area contributed by atoms with Gasteiger partial charge in [-0.3, -0.25) is 4.68 Å². The second-order valence-corrected chi connectivity index (χ2v) is 4.96. The minimum Gasteiger partial charge on any atom is -0.496 e. The molecule has 0 spiro atoms. The Hall–Kier alpha value is -1.33. The fourth-order valence-corrected chi connectivity index (χ4v) is 2.42. The van der Waals surface area contributed by atoms with E-state index >= 15 is 0 Å². The summed E-state index contributed by atoms with van der Waals surface area (Å²) in [6.07, 6.45) is 1.99. The molecule has 0 bridgehead atoms. The number of benzene rings is 1. The maximum absolute atomic E-state index is 5.64. The van der Waals surface area contributed by atoms with Crippen LogP contribution >= 0.6 is 15.9 Å². The van der Waals surface area contributed by atoms with E-state index in [0.29, 0.717) is 6.54 Å². The number of aromatic nitrogens is 2. The lowest BCUT2D eigenvalue weighted by molar-refractivity contribution is 0.412. The highest BCUT2D eigenvalue weighted by molar-refractivity contribution is 9.10. The lowest BCUT2D eigenvalue weighted by Crippen LogP contribution is -2.01. The summed E-state index contributed by atoms with van der Waals surface area (Å²) in [4.78, 5) is 0. The van der Waals surface area contributed by atoms with E-state index in [-0.39, 0.29) is 0 Å². The van der Waals surface area contributed by atoms with Crippen LogP contribution in [0.2, 0.25) is 0 Å². The largest absolute Gasteiger partial charge is 0.496 e. The molecule has 1 aromatic heterocycles. The topological polar surface area (TPSA) is 53.1 Å². The number of hydrogen-bond acceptors (Lipinski definition) is 3. The van der Waals surface area contributed by atoms with E-state index in [9.17, 15) is 0 Å². The van der Waals surface area contributed by atoms with Crippen molar-refractivity contribution in [1.82, 2.24) is 9.78 Å². The third kappa shape index (κ3) is 2.73. The van der Waals surface area contributed by atoms with Crippen LogP contribution in [0.15, 0.2) is 28.9 Å². The lowest BCUT2D eigenvalue weighted by Gasteiger charge is -2.06. The fourth-order valence-electron chi connectivity index (χ4n) is 1.84. The van der Waals surface area contributed by atoms with Crippen LogP contribution in [0.1, 0.15) is 16.8 Å². The lowest BCUT2D eigenvalue weighted by atomic mass is 10.2. The first-order chi connectivity index (χ1) is 8.63. The van der Waals surface area contributed by atoms with Gasteiger partial charge in [0, 0.05) is 18.3 Å². The Morgan fingerprint density at radius 1 is 1.44 bits per heavy atom. The highest BCUT2D eigenvalue weighted by Gasteiger charge is 2.05. The van der Waals surface area contributed by atoms with E-state index in [4.69, 9.17) is 10.5 Å². The maximum Gasteiger partial charge on any atom is 0.133 e. The molecule has 0 aliphatic heterocycles. The summed E-state index contributed by atoms with van der Waals surface area (Å²) in [7, 11) is 1.66. The van der Waals surface area contributed by atoms with E-state index in [1.54, 1.807) is 7.11 Å². The fraction of sp³-hybridized carbons (Fsp3) is 0.308. The van der Waals surface area contributed by atoms with Gasteiger partial charge in [0.15, 0.2) is 0 Å². The van der Waals surface area contributed by atoms with Gasteiger partial charge in [0.2, 0.25) is 0 Å². The number of methoxy groups -OCH3 is 1. The molecule has 0 amide bonds. The number of rotatable bonds is 4. The van der Waals surface area contributed by atoms with Gasteiger partial charge in [-0.1, -0.05) is 6.07 Å². The molecule has 2 N–H and O–H groups in total. The summed E-state index contributed by atoms with van der Waals surface area (Å²) in [6, 6.07) is 6.01. The van der Waals surface area contributed by atoms with Gasteiger partial charge in [-0.05, 0) is 40.5 Å². The normalized spacial score (nSPS) is 10.7. The quantitative estimate of drug-likeness (QED) is 0.944. The van der Waals surface area contributed by atoms with Gasteiger partial charge < -0.3 is 10.5 Å². The zero-order valence-electron chi connectivity index (χ0n) is 10.5. The first-order valence-electron chi connectivity index (χ1n) is 5.69. The zero-order valence-corrected chi connectivity index (χ0v) is 12.1. The summed E-state index contributed by atoms with van der Waals surface area (Å²) in [6.45, 7) is 3.23. The molecule has 0 aliphatic carbocycles. The Morgan fingerprint density at radius 3 is 2.78 bits per heavy atom. The molecule has 0 radical (unpaired) electrons. The van der Waals surface area contributed by atoms with Crippen LogP contribution in [0.5, 0.6) is 5.75 Å². The average Bonchev–Trinajstić information content (AvgIpc) is 2.69. The van der Waals surface area contributed by atoms with E-state index in [0.717, 1.165) is 33.6 Å². The smallest absolute Gasteiger partial charge is 0.133 e. The molecule has 1 heterocycles. The summed E-state index contributed by atoms with van der Waals surface area (Å²) < 4.78 is 8.06. The molecule has 0 aliphatic rings. The summed E-state index contributed by atoms with van der Waals surface area (Å²) >= 11 is 3.48. The van der Waals surface area contributed by atoms with Gasteiger partial charge in [-0.25, -0.2) is 0 Å². The molecular formula is C13H16BrN3O. The number of aryl methyl sites for hydroxylation is 1. The third-order valence-corrected chi connectivity index (χ3v) is 3.45. The third-order valence-electron chi connectivity index (χ3n) is 2.83. The van der Waals surface area contributed by atoms with Gasteiger partial charge in [-0.15, -0.1) is 0 Å². The van der Waals surface area contributed by atoms with E-state index in [2.05, 4.69) is 21.0 Å². The van der Waals surface area contributed by atoms with Gasteiger partial charge >= 0.3 is 0 Å². The van der Waals surface area contributed by atoms with Crippen LogP contribution in [0.3, 0.4) is 0 Å². The van der Waals surface area contributed by atoms with Crippen LogP contribution in [0.4, 0.5) is 0 Å². The minimum atomic E-state index is 0.526. The molecule has 0 saturated heterocycles. The number of halogens is 1. The minimum absolute atomic E-state index is 0.526. The first-order valence-corrected chi connectivity index (χ1v) is 6.48. The number of nitrogens with zero attached hydrogens (tertiary/aromatic N) is 2. The highest BCUT2D eigenvalue weighted by Crippen LogP contribution is 2.25. The van der Waals surface area contributed by atoms with E-state index in [1.165, 1.54) is 0 Å². The summed E-state index contributed by atoms with van der Waals surface area (Å²) in [5.74, 6) is 0.832. The Labute approximate surface area is 115 Å². The number of ether oxygens (including phenoxy) is 1. The first kappa shape index (κ1) is 13.1. The maximum atomic E-state index is 5.64. The molecule has 1 aromatic carbocycles. The Morgan fingerprint density at radius 2 is 2.22 bits per heavy atom. The molecule has 2 rings (SSSR count). The monoisotopic (exact) mass is 309 g/mol. The van der Waals surface area contributed by atoms with Crippen molar-refractivity contribution in [2.75, 3.05) is 7.11 Å². The van der Waals surface area contributed by atoms with Crippen LogP contribution < -0.4 is 10.5 Å². The Bertz CT molecular complexity index is 551. The van der Waals surface area contributed by atoms with E-state index in [1.807, 2.05) is 36.0 Å². The standard InChI is InChI=1S/C13H16BrN3O/c1-9-11(6-15)8-17(16-9)7-10-3-4-13(18-2)12(14)5-10/h3-5,8H,6-7,15H2,1-2H3. The molecule has 4 nitrogen and oxygen atoms in total. The van der Waals surface area contributed by atoms with Crippen LogP contribution in [-0.2, 0) is 13.1 Å². The molecule has 96 valence electrons. The number of nitrogens with two attached hydrogens (primary N) is 1. The van der Waals surface area contributed by atoms with Crippen molar-refractivity contribution in [3.05, 3.63) is 45.7 Å². The summed E-state index contributed by atoms with van der Waals surface area (Å²) in [5, 5.41) is 4.44. The van der Waals surface area contributed by atoms with Crippen molar-refractivity contribution in [3.63, 3.8) is 0 Å². The highest BCUT2D eigenvalue weighted by atomic mass is 79.9. The van der Waals surface area contributed by atoms with Crippen molar-refractivity contribution < 1.29 is 4.74 Å². The van der Waals surface area contributed by atoms with Gasteiger partial charge in [0.05, 0.1) is 23.8 Å². The Kier molecular flexibility index (Phi) is 4.04. The van der Waals surface area contributed by atoms with Crippen molar-refractivity contribution in [2.45, 2.75) is 20.0 Å². The van der Waals surface area contributed by atoms with Crippen molar-refractivity contribution in [2.24, 2.45) is 5.73 Å². The van der Waals surface area contributed by atoms with E-state index < -0.39 is 0 Å². The number of hydrogen-bond donors (Lipinski definition) is 1. The molecule has 0 fully saturated rings. The molecule has 2 aromatic rings. The molecule has 5 heteroatoms. The van der Waals surface area contributed by atoms with Gasteiger partial charge in [0.25, 0.3) is 0 Å². The van der Waals surface area contributed by atoms with Crippen LogP contribution in [0, 0.1) is 6.92 Å². The van der Waals surface area contributed by atoms with Crippen molar-refractivity contribution in [1.29, 1.82) is 0 Å². The predicted molar refractivity (Wildman–Crippen MR) is 74.7 cm³/mol. The second-order valence-electron chi connectivity index (χ2n) is 4.11. The zero-order chi connectivity index (χ0) is 13.1. The Balaban J connectivity index is 2.20. The molecule has 0 unspecified atom stereocenters. The predicted octanol–water partition coefficient (Wildman–Crippen LogP) is 2.47. The van der Waals surface area contributed by atoms with Gasteiger partial charge in [0.1, 0.15) is 5.75 Å². The molecule has 0 atom stereocenters.